The quantitative estimate of drug-likeness (QED) is 0.799. The zero-order valence-electron chi connectivity index (χ0n) is 12.6. The topological polar surface area (TPSA) is 47.6 Å². The standard InChI is InChI=1S/C17H18FNO3/c1-21-15-7-6-13(17(9-15)22-2)10-19-11-16(20)12-4-3-5-14(18)8-12/h3-9,19H,10-11H2,1-2H3. The van der Waals surface area contributed by atoms with Gasteiger partial charge in [0.25, 0.3) is 0 Å². The molecule has 22 heavy (non-hydrogen) atoms. The maximum atomic E-state index is 13.1. The van der Waals surface area contributed by atoms with Crippen LogP contribution in [0.3, 0.4) is 0 Å². The summed E-state index contributed by atoms with van der Waals surface area (Å²) in [5.74, 6) is 0.816. The van der Waals surface area contributed by atoms with E-state index in [-0.39, 0.29) is 12.3 Å². The van der Waals surface area contributed by atoms with Gasteiger partial charge in [0.05, 0.1) is 20.8 Å². The van der Waals surface area contributed by atoms with Crippen LogP contribution < -0.4 is 14.8 Å². The highest BCUT2D eigenvalue weighted by Gasteiger charge is 2.08. The Morgan fingerprint density at radius 3 is 2.64 bits per heavy atom. The summed E-state index contributed by atoms with van der Waals surface area (Å²) in [4.78, 5) is 12.0. The van der Waals surface area contributed by atoms with Gasteiger partial charge in [-0.3, -0.25) is 4.79 Å². The molecule has 0 fully saturated rings. The van der Waals surface area contributed by atoms with Crippen LogP contribution in [-0.4, -0.2) is 26.5 Å². The molecule has 0 unspecified atom stereocenters. The molecule has 0 aliphatic carbocycles. The van der Waals surface area contributed by atoms with Crippen LogP contribution in [0, 0.1) is 5.82 Å². The number of ether oxygens (including phenoxy) is 2. The summed E-state index contributed by atoms with van der Waals surface area (Å²) in [6, 6.07) is 11.1. The van der Waals surface area contributed by atoms with Gasteiger partial charge in [-0.2, -0.15) is 0 Å². The van der Waals surface area contributed by atoms with Crippen molar-refractivity contribution in [3.63, 3.8) is 0 Å². The van der Waals surface area contributed by atoms with Crippen molar-refractivity contribution in [1.82, 2.24) is 5.32 Å². The third kappa shape index (κ3) is 4.05. The number of rotatable bonds is 7. The third-order valence-corrected chi connectivity index (χ3v) is 3.24. The van der Waals surface area contributed by atoms with E-state index in [1.165, 1.54) is 18.2 Å². The van der Waals surface area contributed by atoms with Crippen LogP contribution >= 0.6 is 0 Å². The van der Waals surface area contributed by atoms with Crippen LogP contribution in [0.5, 0.6) is 11.5 Å². The number of carbonyl (C=O) groups excluding carboxylic acids is 1. The molecule has 0 saturated carbocycles. The predicted octanol–water partition coefficient (Wildman–Crippen LogP) is 2.82. The summed E-state index contributed by atoms with van der Waals surface area (Å²) in [6.45, 7) is 0.590. The van der Waals surface area contributed by atoms with Crippen LogP contribution in [0.2, 0.25) is 0 Å². The van der Waals surface area contributed by atoms with Crippen LogP contribution in [0.1, 0.15) is 15.9 Å². The fraction of sp³-hybridized carbons (Fsp3) is 0.235. The Labute approximate surface area is 128 Å². The first-order valence-corrected chi connectivity index (χ1v) is 6.84. The van der Waals surface area contributed by atoms with E-state index in [9.17, 15) is 9.18 Å². The van der Waals surface area contributed by atoms with Gasteiger partial charge in [0.15, 0.2) is 5.78 Å². The van der Waals surface area contributed by atoms with Crippen molar-refractivity contribution in [2.24, 2.45) is 0 Å². The van der Waals surface area contributed by atoms with E-state index < -0.39 is 5.82 Å². The average Bonchev–Trinajstić information content (AvgIpc) is 2.54. The van der Waals surface area contributed by atoms with Crippen LogP contribution in [0.15, 0.2) is 42.5 Å². The second-order valence-corrected chi connectivity index (χ2v) is 4.71. The van der Waals surface area contributed by atoms with Crippen LogP contribution in [-0.2, 0) is 6.54 Å². The van der Waals surface area contributed by atoms with Gasteiger partial charge in [-0.1, -0.05) is 18.2 Å². The maximum Gasteiger partial charge on any atom is 0.176 e. The molecule has 116 valence electrons. The van der Waals surface area contributed by atoms with E-state index in [2.05, 4.69) is 5.32 Å². The normalized spacial score (nSPS) is 10.3. The Morgan fingerprint density at radius 1 is 1.14 bits per heavy atom. The lowest BCUT2D eigenvalue weighted by molar-refractivity contribution is 0.0990. The zero-order chi connectivity index (χ0) is 15.9. The van der Waals surface area contributed by atoms with E-state index in [0.717, 1.165) is 5.56 Å². The number of halogens is 1. The molecule has 0 bridgehead atoms. The van der Waals surface area contributed by atoms with Crippen molar-refractivity contribution in [2.45, 2.75) is 6.54 Å². The minimum atomic E-state index is -0.414. The van der Waals surface area contributed by atoms with Gasteiger partial charge in [0.1, 0.15) is 17.3 Å². The first-order valence-electron chi connectivity index (χ1n) is 6.84. The summed E-state index contributed by atoms with van der Waals surface area (Å²) in [5, 5.41) is 3.04. The van der Waals surface area contributed by atoms with E-state index in [1.54, 1.807) is 26.4 Å². The van der Waals surface area contributed by atoms with Crippen molar-refractivity contribution < 1.29 is 18.7 Å². The van der Waals surface area contributed by atoms with Gasteiger partial charge in [0, 0.05) is 23.7 Å². The lowest BCUT2D eigenvalue weighted by Crippen LogP contribution is -2.23. The molecule has 0 aromatic heterocycles. The fourth-order valence-corrected chi connectivity index (χ4v) is 2.07. The first-order chi connectivity index (χ1) is 10.6. The van der Waals surface area contributed by atoms with Crippen molar-refractivity contribution in [3.8, 4) is 11.5 Å². The van der Waals surface area contributed by atoms with Crippen molar-refractivity contribution in [2.75, 3.05) is 20.8 Å². The second kappa shape index (κ2) is 7.56. The van der Waals surface area contributed by atoms with Gasteiger partial charge in [0.2, 0.25) is 0 Å². The number of hydrogen-bond acceptors (Lipinski definition) is 4. The molecule has 4 nitrogen and oxygen atoms in total. The summed E-state index contributed by atoms with van der Waals surface area (Å²) in [7, 11) is 3.17. The monoisotopic (exact) mass is 303 g/mol. The fourth-order valence-electron chi connectivity index (χ4n) is 2.07. The number of ketones is 1. The Balaban J connectivity index is 1.95. The molecule has 0 radical (unpaired) electrons. The molecule has 1 N–H and O–H groups in total. The third-order valence-electron chi connectivity index (χ3n) is 3.24. The van der Waals surface area contributed by atoms with E-state index in [1.807, 2.05) is 12.1 Å². The number of hydrogen-bond donors (Lipinski definition) is 1. The van der Waals surface area contributed by atoms with Gasteiger partial charge >= 0.3 is 0 Å². The second-order valence-electron chi connectivity index (χ2n) is 4.71. The van der Waals surface area contributed by atoms with E-state index >= 15 is 0 Å². The summed E-state index contributed by atoms with van der Waals surface area (Å²) >= 11 is 0. The molecule has 0 aliphatic heterocycles. The summed E-state index contributed by atoms with van der Waals surface area (Å²) in [6.07, 6.45) is 0. The molecular formula is C17H18FNO3. The smallest absolute Gasteiger partial charge is 0.176 e. The van der Waals surface area contributed by atoms with Crippen molar-refractivity contribution in [3.05, 3.63) is 59.4 Å². The average molecular weight is 303 g/mol. The highest BCUT2D eigenvalue weighted by Crippen LogP contribution is 2.24. The maximum absolute atomic E-state index is 13.1. The number of Topliss-reactive ketones (excluding diaryl/α,β-unsaturated/α-hetero) is 1. The highest BCUT2D eigenvalue weighted by molar-refractivity contribution is 5.97. The number of carbonyl (C=O) groups is 1. The summed E-state index contributed by atoms with van der Waals surface area (Å²) in [5.41, 5.74) is 1.27. The van der Waals surface area contributed by atoms with Crippen LogP contribution in [0.25, 0.3) is 0 Å². The molecule has 2 rings (SSSR count). The lowest BCUT2D eigenvalue weighted by Gasteiger charge is -2.11. The Bertz CT molecular complexity index is 658. The van der Waals surface area contributed by atoms with Gasteiger partial charge in [-0.15, -0.1) is 0 Å². The lowest BCUT2D eigenvalue weighted by atomic mass is 10.1. The first kappa shape index (κ1) is 16.0. The molecule has 0 atom stereocenters. The molecule has 0 spiro atoms. The number of methoxy groups -OCH3 is 2. The van der Waals surface area contributed by atoms with Gasteiger partial charge in [-0.05, 0) is 18.2 Å². The minimum Gasteiger partial charge on any atom is -0.497 e. The Kier molecular flexibility index (Phi) is 5.49. The molecule has 2 aromatic rings. The SMILES string of the molecule is COc1ccc(CNCC(=O)c2cccc(F)c2)c(OC)c1. The molecule has 0 aliphatic rings. The zero-order valence-corrected chi connectivity index (χ0v) is 12.6. The molecule has 0 heterocycles. The predicted molar refractivity (Wildman–Crippen MR) is 82.0 cm³/mol. The molecule has 0 amide bonds. The molecule has 5 heteroatoms. The Hall–Kier alpha value is -2.40. The van der Waals surface area contributed by atoms with Gasteiger partial charge < -0.3 is 14.8 Å². The van der Waals surface area contributed by atoms with Crippen molar-refractivity contribution in [1.29, 1.82) is 0 Å². The van der Waals surface area contributed by atoms with E-state index in [4.69, 9.17) is 9.47 Å². The van der Waals surface area contributed by atoms with Crippen LogP contribution in [0.4, 0.5) is 4.39 Å². The minimum absolute atomic E-state index is 0.124. The molecular weight excluding hydrogens is 285 g/mol. The van der Waals surface area contributed by atoms with E-state index in [0.29, 0.717) is 23.6 Å². The van der Waals surface area contributed by atoms with Gasteiger partial charge in [-0.25, -0.2) is 4.39 Å². The van der Waals surface area contributed by atoms with Crippen molar-refractivity contribution >= 4 is 5.78 Å². The molecule has 2 aromatic carbocycles. The molecule has 0 saturated heterocycles. The largest absolute Gasteiger partial charge is 0.497 e. The Morgan fingerprint density at radius 2 is 1.95 bits per heavy atom. The number of nitrogens with one attached hydrogen (secondary N) is 1. The summed E-state index contributed by atoms with van der Waals surface area (Å²) < 4.78 is 23.5. The number of benzene rings is 2. The highest BCUT2D eigenvalue weighted by atomic mass is 19.1.